The maximum absolute atomic E-state index is 14.8. The van der Waals surface area contributed by atoms with E-state index in [1.54, 1.807) is 37.3 Å². The maximum atomic E-state index is 14.8. The van der Waals surface area contributed by atoms with Crippen LogP contribution in [0.2, 0.25) is 0 Å². The number of nitrogens with two attached hydrogens (primary N) is 1. The molecule has 1 aliphatic heterocycles. The van der Waals surface area contributed by atoms with Gasteiger partial charge >= 0.3 is 0 Å². The standard InChI is InChI=1S/C34H34F3N5O5S/c1-18-11-31(43)40-21-5-10-29(48(45,46)23-6-7-23)20(12-21)16-42(2)34(44)32(19-3-9-28(25(18)13-19)47-17-30(36)37)41-22-4-8-24-26(14-22)27(35)15-39-33(24)38/h3-5,8-10,12-15,18,23,30,32,41H,6-7,11,16-17H2,1-2H3,(H2,38,39)(H,40,43). The summed E-state index contributed by atoms with van der Waals surface area (Å²) in [4.78, 5) is 32.9. The number of carbonyl (C=O) groups is 2. The Hall–Kier alpha value is -4.85. The average Bonchev–Trinajstić information content (AvgIpc) is 3.90. The molecule has 0 saturated heterocycles. The molecule has 2 atom stereocenters. The van der Waals surface area contributed by atoms with E-state index in [4.69, 9.17) is 10.5 Å². The van der Waals surface area contributed by atoms with Crippen LogP contribution in [0.4, 0.5) is 30.4 Å². The van der Waals surface area contributed by atoms with Crippen molar-refractivity contribution in [3.63, 3.8) is 0 Å². The zero-order chi connectivity index (χ0) is 34.3. The lowest BCUT2D eigenvalue weighted by Gasteiger charge is -2.28. The SMILES string of the molecule is CC1CC(=O)Nc2ccc(S(=O)(=O)C3CC3)c(c2)CN(C)C(=O)C(Nc2ccc3c(N)ncc(F)c3c2)c2ccc(OCC(F)F)c1c2. The number of likely N-dealkylation sites (N-methyl/N-ethyl adjacent to an activating group) is 1. The van der Waals surface area contributed by atoms with Crippen molar-refractivity contribution in [1.29, 1.82) is 0 Å². The molecule has 0 radical (unpaired) electrons. The molecular weight excluding hydrogens is 647 g/mol. The number of pyridine rings is 1. The predicted molar refractivity (Wildman–Crippen MR) is 175 cm³/mol. The van der Waals surface area contributed by atoms with Gasteiger partial charge in [-0.15, -0.1) is 0 Å². The van der Waals surface area contributed by atoms with Gasteiger partial charge in [-0.3, -0.25) is 9.59 Å². The highest BCUT2D eigenvalue weighted by Crippen LogP contribution is 2.38. The summed E-state index contributed by atoms with van der Waals surface area (Å²) in [5.74, 6) is -1.75. The van der Waals surface area contributed by atoms with Crippen LogP contribution in [0, 0.1) is 5.82 Å². The number of nitrogens with one attached hydrogen (secondary N) is 2. The smallest absolute Gasteiger partial charge is 0.272 e. The van der Waals surface area contributed by atoms with Crippen molar-refractivity contribution in [2.75, 3.05) is 30.0 Å². The molecule has 0 spiro atoms. The molecule has 3 aromatic carbocycles. The summed E-state index contributed by atoms with van der Waals surface area (Å²) >= 11 is 0. The van der Waals surface area contributed by atoms with Crippen LogP contribution in [0.25, 0.3) is 10.8 Å². The number of hydrogen-bond donors (Lipinski definition) is 3. The van der Waals surface area contributed by atoms with Crippen molar-refractivity contribution in [1.82, 2.24) is 9.88 Å². The molecule has 2 amide bonds. The van der Waals surface area contributed by atoms with Crippen molar-refractivity contribution in [2.24, 2.45) is 0 Å². The van der Waals surface area contributed by atoms with Gasteiger partial charge in [0.2, 0.25) is 11.8 Å². The summed E-state index contributed by atoms with van der Waals surface area (Å²) in [7, 11) is -2.14. The molecule has 2 unspecified atom stereocenters. The minimum Gasteiger partial charge on any atom is -0.487 e. The minimum absolute atomic E-state index is 0.0721. The Morgan fingerprint density at radius 3 is 2.58 bits per heavy atom. The summed E-state index contributed by atoms with van der Waals surface area (Å²) in [6.45, 7) is 0.751. The monoisotopic (exact) mass is 681 g/mol. The van der Waals surface area contributed by atoms with Gasteiger partial charge in [0.05, 0.1) is 16.3 Å². The number of carbonyl (C=O) groups excluding carboxylic acids is 2. The van der Waals surface area contributed by atoms with Crippen LogP contribution in [-0.4, -0.2) is 55.4 Å². The van der Waals surface area contributed by atoms with Gasteiger partial charge in [-0.25, -0.2) is 26.6 Å². The first kappa shape index (κ1) is 33.1. The first-order valence-corrected chi connectivity index (χ1v) is 16.9. The van der Waals surface area contributed by atoms with E-state index in [1.807, 2.05) is 0 Å². The summed E-state index contributed by atoms with van der Waals surface area (Å²) in [6, 6.07) is 12.8. The van der Waals surface area contributed by atoms with Gasteiger partial charge < -0.3 is 26.0 Å². The molecule has 1 fully saturated rings. The molecule has 14 heteroatoms. The van der Waals surface area contributed by atoms with Crippen molar-refractivity contribution in [3.8, 4) is 5.75 Å². The van der Waals surface area contributed by atoms with Crippen LogP contribution < -0.4 is 21.1 Å². The number of alkyl halides is 2. The molecule has 48 heavy (non-hydrogen) atoms. The second-order valence-electron chi connectivity index (χ2n) is 12.2. The van der Waals surface area contributed by atoms with E-state index in [-0.39, 0.29) is 40.7 Å². The third-order valence-corrected chi connectivity index (χ3v) is 10.9. The zero-order valence-corrected chi connectivity index (χ0v) is 27.0. The van der Waals surface area contributed by atoms with E-state index in [9.17, 15) is 31.2 Å². The molecule has 4 aromatic rings. The molecule has 2 aliphatic rings. The lowest BCUT2D eigenvalue weighted by Crippen LogP contribution is -2.35. The Labute approximate surface area is 275 Å². The van der Waals surface area contributed by atoms with Crippen LogP contribution in [0.5, 0.6) is 5.75 Å². The van der Waals surface area contributed by atoms with Gasteiger partial charge in [0, 0.05) is 42.2 Å². The fourth-order valence-electron chi connectivity index (χ4n) is 5.96. The molecular formula is C34H34F3N5O5S. The number of nitrogen functional groups attached to an aromatic ring is 1. The van der Waals surface area contributed by atoms with E-state index in [1.165, 1.54) is 36.2 Å². The van der Waals surface area contributed by atoms with E-state index < -0.39 is 51.8 Å². The highest BCUT2D eigenvalue weighted by atomic mass is 32.2. The molecule has 4 N–H and O–H groups in total. The Kier molecular flexibility index (Phi) is 8.94. The number of aromatic nitrogens is 1. The first-order valence-electron chi connectivity index (χ1n) is 15.4. The summed E-state index contributed by atoms with van der Waals surface area (Å²) in [6.07, 6.45) is -0.710. The Morgan fingerprint density at radius 2 is 1.85 bits per heavy atom. The van der Waals surface area contributed by atoms with Gasteiger partial charge in [-0.05, 0) is 84.0 Å². The van der Waals surface area contributed by atoms with Crippen molar-refractivity contribution in [2.45, 2.75) is 61.3 Å². The number of rotatable bonds is 7. The number of anilines is 3. The van der Waals surface area contributed by atoms with E-state index in [0.717, 1.165) is 6.20 Å². The van der Waals surface area contributed by atoms with Crippen LogP contribution in [-0.2, 0) is 26.0 Å². The fraction of sp³-hybridized carbons (Fsp3) is 0.324. The van der Waals surface area contributed by atoms with E-state index in [0.29, 0.717) is 46.3 Å². The normalized spacial score (nSPS) is 18.8. The van der Waals surface area contributed by atoms with Gasteiger partial charge in [-0.2, -0.15) is 0 Å². The first-order chi connectivity index (χ1) is 22.8. The Balaban J connectivity index is 1.46. The summed E-state index contributed by atoms with van der Waals surface area (Å²) < 4.78 is 73.3. The lowest BCUT2D eigenvalue weighted by molar-refractivity contribution is -0.131. The molecule has 6 rings (SSSR count). The number of nitrogens with zero attached hydrogens (tertiary/aromatic N) is 2. The second-order valence-corrected chi connectivity index (χ2v) is 14.4. The van der Waals surface area contributed by atoms with Gasteiger partial charge in [0.15, 0.2) is 9.84 Å². The third kappa shape index (κ3) is 6.75. The number of sulfone groups is 1. The van der Waals surface area contributed by atoms with Crippen molar-refractivity contribution in [3.05, 3.63) is 83.3 Å². The maximum Gasteiger partial charge on any atom is 0.272 e. The molecule has 252 valence electrons. The topological polar surface area (TPSA) is 144 Å². The third-order valence-electron chi connectivity index (χ3n) is 8.58. The molecule has 1 aromatic heterocycles. The van der Waals surface area contributed by atoms with Crippen molar-refractivity contribution >= 4 is 49.6 Å². The molecule has 1 saturated carbocycles. The number of benzene rings is 3. The quantitative estimate of drug-likeness (QED) is 0.222. The number of ether oxygens (including phenoxy) is 1. The van der Waals surface area contributed by atoms with Gasteiger partial charge in [-0.1, -0.05) is 13.0 Å². The van der Waals surface area contributed by atoms with Crippen molar-refractivity contribution < 1.29 is 35.9 Å². The number of fused-ring (bicyclic) bond motifs is 5. The number of amides is 2. The van der Waals surface area contributed by atoms with Crippen LogP contribution in [0.15, 0.2) is 65.7 Å². The molecule has 1 aliphatic carbocycles. The summed E-state index contributed by atoms with van der Waals surface area (Å²) in [5, 5.41) is 6.05. The molecule has 4 bridgehead atoms. The van der Waals surface area contributed by atoms with Crippen LogP contribution >= 0.6 is 0 Å². The van der Waals surface area contributed by atoms with Gasteiger partial charge in [0.1, 0.15) is 30.0 Å². The lowest BCUT2D eigenvalue weighted by atomic mass is 9.92. The summed E-state index contributed by atoms with van der Waals surface area (Å²) in [5.41, 5.74) is 7.83. The Morgan fingerprint density at radius 1 is 1.08 bits per heavy atom. The largest absolute Gasteiger partial charge is 0.487 e. The Bertz CT molecular complexity index is 2020. The molecule has 2 heterocycles. The fourth-order valence-corrected chi connectivity index (χ4v) is 7.82. The highest BCUT2D eigenvalue weighted by molar-refractivity contribution is 7.92. The van der Waals surface area contributed by atoms with Gasteiger partial charge in [0.25, 0.3) is 6.43 Å². The zero-order valence-electron chi connectivity index (χ0n) is 26.2. The number of halogens is 3. The number of hydrogen-bond acceptors (Lipinski definition) is 8. The minimum atomic E-state index is -3.67. The average molecular weight is 682 g/mol. The highest BCUT2D eigenvalue weighted by Gasteiger charge is 2.38. The predicted octanol–water partition coefficient (Wildman–Crippen LogP) is 5.79. The second kappa shape index (κ2) is 13.0. The van der Waals surface area contributed by atoms with Crippen LogP contribution in [0.1, 0.15) is 54.8 Å². The molecule has 10 nitrogen and oxygen atoms in total. The van der Waals surface area contributed by atoms with Crippen LogP contribution in [0.3, 0.4) is 0 Å². The van der Waals surface area contributed by atoms with E-state index in [2.05, 4.69) is 15.6 Å². The van der Waals surface area contributed by atoms with E-state index >= 15 is 0 Å².